The lowest BCUT2D eigenvalue weighted by Crippen LogP contribution is -2.57. The van der Waals surface area contributed by atoms with Crippen LogP contribution in [0.5, 0.6) is 5.75 Å². The first-order valence-electron chi connectivity index (χ1n) is 17.0. The van der Waals surface area contributed by atoms with Gasteiger partial charge in [-0.05, 0) is 62.1 Å². The average Bonchev–Trinajstić information content (AvgIpc) is 3.76. The zero-order valence-corrected chi connectivity index (χ0v) is 28.1. The quantitative estimate of drug-likeness (QED) is 0.439. The highest BCUT2D eigenvalue weighted by molar-refractivity contribution is 6.00. The van der Waals surface area contributed by atoms with Crippen molar-refractivity contribution in [3.05, 3.63) is 77.6 Å². The van der Waals surface area contributed by atoms with Gasteiger partial charge in [0.1, 0.15) is 36.2 Å². The van der Waals surface area contributed by atoms with E-state index in [1.807, 2.05) is 50.4 Å². The van der Waals surface area contributed by atoms with Gasteiger partial charge in [-0.25, -0.2) is 0 Å². The Morgan fingerprint density at radius 3 is 2.48 bits per heavy atom. The number of carbonyl (C=O) groups is 4. The zero-order valence-electron chi connectivity index (χ0n) is 28.1. The van der Waals surface area contributed by atoms with Crippen molar-refractivity contribution in [1.82, 2.24) is 35.4 Å². The van der Waals surface area contributed by atoms with Gasteiger partial charge in [0.05, 0.1) is 11.8 Å². The molecule has 2 aliphatic rings. The standard InChI is InChI=1S/C36H47N7O5/c1-25(2)21-29-35(46)43-20-12-16-30(43)36(47)41(3)31(22-26-13-6-4-7-14-26)34(45)37-18-10-5-11-19-42-23-27(39-40-42)24-48-32-17-9-8-15-28(32)33(44)38-29/h4,6-9,13-15,17,23,25,29-31H,5,10-12,16,18-22,24H2,1-3H3,(H,37,45)(H,38,44)/t29-,30-,31+/m1/s1. The molecule has 2 N–H and O–H groups in total. The van der Waals surface area contributed by atoms with Crippen LogP contribution in [-0.4, -0.2) is 86.7 Å². The molecule has 0 radical (unpaired) electrons. The molecule has 1 saturated heterocycles. The summed E-state index contributed by atoms with van der Waals surface area (Å²) in [5.74, 6) is -0.793. The van der Waals surface area contributed by atoms with E-state index < -0.39 is 24.0 Å². The Hall–Kier alpha value is -4.74. The second-order valence-electron chi connectivity index (χ2n) is 13.1. The third-order valence-electron chi connectivity index (χ3n) is 8.98. The second-order valence-corrected chi connectivity index (χ2v) is 13.1. The summed E-state index contributed by atoms with van der Waals surface area (Å²) in [4.78, 5) is 58.7. The van der Waals surface area contributed by atoms with Gasteiger partial charge in [-0.2, -0.15) is 0 Å². The van der Waals surface area contributed by atoms with Crippen LogP contribution in [0.1, 0.15) is 74.0 Å². The normalized spacial score (nSPS) is 22.0. The van der Waals surface area contributed by atoms with Crippen LogP contribution in [0.4, 0.5) is 0 Å². The van der Waals surface area contributed by atoms with Crippen LogP contribution in [0.2, 0.25) is 0 Å². The molecule has 0 spiro atoms. The van der Waals surface area contributed by atoms with Crippen LogP contribution in [0.3, 0.4) is 0 Å². The Labute approximate surface area is 282 Å². The number of aryl methyl sites for hydroxylation is 1. The molecule has 12 nitrogen and oxygen atoms in total. The van der Waals surface area contributed by atoms with Crippen molar-refractivity contribution in [3.8, 4) is 5.75 Å². The van der Waals surface area contributed by atoms with E-state index in [1.54, 1.807) is 40.9 Å². The monoisotopic (exact) mass is 657 g/mol. The van der Waals surface area contributed by atoms with Gasteiger partial charge in [-0.3, -0.25) is 23.9 Å². The van der Waals surface area contributed by atoms with E-state index in [1.165, 1.54) is 4.90 Å². The molecule has 2 aromatic carbocycles. The minimum absolute atomic E-state index is 0.0920. The first-order chi connectivity index (χ1) is 23.2. The number of amides is 4. The Kier molecular flexibility index (Phi) is 11.8. The summed E-state index contributed by atoms with van der Waals surface area (Å²) in [6.07, 6.45) is 6.17. The lowest BCUT2D eigenvalue weighted by molar-refractivity contribution is -0.147. The molecule has 3 atom stereocenters. The van der Waals surface area contributed by atoms with Crippen molar-refractivity contribution >= 4 is 23.6 Å². The predicted molar refractivity (Wildman–Crippen MR) is 180 cm³/mol. The van der Waals surface area contributed by atoms with E-state index >= 15 is 0 Å². The van der Waals surface area contributed by atoms with Crippen LogP contribution < -0.4 is 15.4 Å². The minimum Gasteiger partial charge on any atom is -0.486 e. The average molecular weight is 658 g/mol. The molecule has 2 aliphatic heterocycles. The Morgan fingerprint density at radius 1 is 0.917 bits per heavy atom. The van der Waals surface area contributed by atoms with E-state index in [2.05, 4.69) is 20.9 Å². The Balaban J connectivity index is 1.43. The molecule has 0 unspecified atom stereocenters. The molecule has 256 valence electrons. The third-order valence-corrected chi connectivity index (χ3v) is 8.98. The maximum Gasteiger partial charge on any atom is 0.255 e. The second kappa shape index (κ2) is 16.4. The Bertz CT molecular complexity index is 1560. The number of nitrogens with zero attached hydrogens (tertiary/aromatic N) is 5. The van der Waals surface area contributed by atoms with E-state index in [0.29, 0.717) is 62.3 Å². The highest BCUT2D eigenvalue weighted by atomic mass is 16.5. The molecule has 5 rings (SSSR count). The number of ether oxygens (including phenoxy) is 1. The highest BCUT2D eigenvalue weighted by Gasteiger charge is 2.41. The molecule has 12 heteroatoms. The van der Waals surface area contributed by atoms with Gasteiger partial charge in [0, 0.05) is 33.1 Å². The molecule has 3 aromatic rings. The lowest BCUT2D eigenvalue weighted by atomic mass is 10.0. The number of para-hydroxylation sites is 1. The van der Waals surface area contributed by atoms with Crippen molar-refractivity contribution in [2.45, 2.75) is 90.1 Å². The summed E-state index contributed by atoms with van der Waals surface area (Å²) in [5.41, 5.74) is 1.86. The van der Waals surface area contributed by atoms with Crippen LogP contribution in [0.15, 0.2) is 60.8 Å². The summed E-state index contributed by atoms with van der Waals surface area (Å²) in [7, 11) is 1.65. The summed E-state index contributed by atoms with van der Waals surface area (Å²) in [5, 5.41) is 14.4. The molecule has 1 aromatic heterocycles. The smallest absolute Gasteiger partial charge is 0.255 e. The molecule has 1 fully saturated rings. The van der Waals surface area contributed by atoms with E-state index in [-0.39, 0.29) is 30.2 Å². The molecule has 3 heterocycles. The maximum absolute atomic E-state index is 14.2. The van der Waals surface area contributed by atoms with Gasteiger partial charge >= 0.3 is 0 Å². The molecule has 48 heavy (non-hydrogen) atoms. The molecule has 0 saturated carbocycles. The van der Waals surface area contributed by atoms with Crippen molar-refractivity contribution in [2.24, 2.45) is 5.92 Å². The fraction of sp³-hybridized carbons (Fsp3) is 0.500. The first-order valence-corrected chi connectivity index (χ1v) is 17.0. The van der Waals surface area contributed by atoms with Crippen LogP contribution in [0, 0.1) is 5.92 Å². The highest BCUT2D eigenvalue weighted by Crippen LogP contribution is 2.25. The SMILES string of the molecule is CC(C)C[C@H]1NC(=O)c2ccccc2OCc2cn(nn2)CCCCCNC(=O)[C@H](Cc2ccccc2)N(C)C(=O)[C@H]2CCCN2C1=O. The number of carbonyl (C=O) groups excluding carboxylic acids is 4. The van der Waals surface area contributed by atoms with E-state index in [4.69, 9.17) is 4.74 Å². The van der Waals surface area contributed by atoms with Gasteiger partial charge < -0.3 is 25.2 Å². The predicted octanol–water partition coefficient (Wildman–Crippen LogP) is 3.36. The Morgan fingerprint density at radius 2 is 1.69 bits per heavy atom. The number of hydrogen-bond donors (Lipinski definition) is 2. The summed E-state index contributed by atoms with van der Waals surface area (Å²) < 4.78 is 7.78. The van der Waals surface area contributed by atoms with Gasteiger partial charge in [0.2, 0.25) is 17.7 Å². The van der Waals surface area contributed by atoms with E-state index in [0.717, 1.165) is 24.8 Å². The summed E-state index contributed by atoms with van der Waals surface area (Å²) >= 11 is 0. The van der Waals surface area contributed by atoms with Crippen molar-refractivity contribution < 1.29 is 23.9 Å². The summed E-state index contributed by atoms with van der Waals surface area (Å²) in [6.45, 7) is 5.63. The number of benzene rings is 2. The number of likely N-dealkylation sites (N-methyl/N-ethyl adjacent to an activating group) is 1. The van der Waals surface area contributed by atoms with Crippen LogP contribution >= 0.6 is 0 Å². The number of aromatic nitrogens is 3. The number of rotatable bonds is 4. The lowest BCUT2D eigenvalue weighted by Gasteiger charge is -2.34. The zero-order chi connectivity index (χ0) is 34.0. The van der Waals surface area contributed by atoms with Crippen molar-refractivity contribution in [2.75, 3.05) is 20.1 Å². The number of nitrogens with one attached hydrogen (secondary N) is 2. The van der Waals surface area contributed by atoms with Gasteiger partial charge in [-0.15, -0.1) is 5.10 Å². The number of hydrogen-bond acceptors (Lipinski definition) is 7. The third kappa shape index (κ3) is 8.78. The molecule has 2 bridgehead atoms. The van der Waals surface area contributed by atoms with Crippen LogP contribution in [0.25, 0.3) is 0 Å². The fourth-order valence-corrected chi connectivity index (χ4v) is 6.40. The molecule has 4 amide bonds. The van der Waals surface area contributed by atoms with Gasteiger partial charge in [-0.1, -0.05) is 61.5 Å². The molecular formula is C36H47N7O5. The van der Waals surface area contributed by atoms with E-state index in [9.17, 15) is 19.2 Å². The maximum atomic E-state index is 14.2. The van der Waals surface area contributed by atoms with Gasteiger partial charge in [0.25, 0.3) is 5.91 Å². The minimum atomic E-state index is -0.853. The first kappa shape index (κ1) is 34.6. The van der Waals surface area contributed by atoms with Crippen molar-refractivity contribution in [1.29, 1.82) is 0 Å². The summed E-state index contributed by atoms with van der Waals surface area (Å²) in [6, 6.07) is 14.2. The largest absolute Gasteiger partial charge is 0.486 e. The molecule has 0 aliphatic carbocycles. The molecular weight excluding hydrogens is 610 g/mol. The number of fused-ring (bicyclic) bond motifs is 4. The van der Waals surface area contributed by atoms with Gasteiger partial charge in [0.15, 0.2) is 0 Å². The van der Waals surface area contributed by atoms with Crippen LogP contribution in [-0.2, 0) is 34.0 Å². The fourth-order valence-electron chi connectivity index (χ4n) is 6.40. The van der Waals surface area contributed by atoms with Crippen molar-refractivity contribution in [3.63, 3.8) is 0 Å². The topological polar surface area (TPSA) is 139 Å².